The van der Waals surface area contributed by atoms with Gasteiger partial charge in [-0.15, -0.1) is 0 Å². The summed E-state index contributed by atoms with van der Waals surface area (Å²) >= 11 is 5.89. The molecule has 1 N–H and O–H groups in total. The number of hydrogen-bond donors (Lipinski definition) is 1. The van der Waals surface area contributed by atoms with E-state index in [9.17, 15) is 4.39 Å². The van der Waals surface area contributed by atoms with E-state index in [0.29, 0.717) is 5.56 Å². The van der Waals surface area contributed by atoms with Gasteiger partial charge in [-0.3, -0.25) is 0 Å². The Morgan fingerprint density at radius 1 is 1.15 bits per heavy atom. The third-order valence-electron chi connectivity index (χ3n) is 3.49. The Hall–Kier alpha value is -1.38. The smallest absolute Gasteiger partial charge is 0.146 e. The number of benzene rings is 2. The highest BCUT2D eigenvalue weighted by molar-refractivity contribution is 6.30. The van der Waals surface area contributed by atoms with Crippen LogP contribution >= 0.6 is 11.6 Å². The van der Waals surface area contributed by atoms with Crippen molar-refractivity contribution in [2.45, 2.75) is 26.3 Å². The first-order chi connectivity index (χ1) is 9.63. The highest BCUT2D eigenvalue weighted by atomic mass is 35.5. The molecule has 0 aromatic heterocycles. The second-order valence-electron chi connectivity index (χ2n) is 4.88. The lowest BCUT2D eigenvalue weighted by Gasteiger charge is -2.20. The van der Waals surface area contributed by atoms with Crippen molar-refractivity contribution < 1.29 is 4.39 Å². The molecule has 0 radical (unpaired) electrons. The van der Waals surface area contributed by atoms with Crippen molar-refractivity contribution >= 4 is 11.6 Å². The predicted octanol–water partition coefficient (Wildman–Crippen LogP) is 4.68. The van der Waals surface area contributed by atoms with Crippen LogP contribution in [-0.2, 0) is 6.42 Å². The van der Waals surface area contributed by atoms with Gasteiger partial charge in [0.2, 0.25) is 0 Å². The topological polar surface area (TPSA) is 12.0 Å². The van der Waals surface area contributed by atoms with Gasteiger partial charge in [0.05, 0.1) is 5.02 Å². The molecule has 1 unspecified atom stereocenters. The van der Waals surface area contributed by atoms with Gasteiger partial charge in [0.25, 0.3) is 0 Å². The molecule has 2 aromatic carbocycles. The van der Waals surface area contributed by atoms with E-state index in [-0.39, 0.29) is 16.9 Å². The normalized spacial score (nSPS) is 12.4. The quantitative estimate of drug-likeness (QED) is 0.843. The molecule has 0 aliphatic carbocycles. The summed E-state index contributed by atoms with van der Waals surface area (Å²) in [5.74, 6) is -0.325. The van der Waals surface area contributed by atoms with Crippen molar-refractivity contribution in [1.29, 1.82) is 0 Å². The molecule has 0 aliphatic heterocycles. The summed E-state index contributed by atoms with van der Waals surface area (Å²) in [6, 6.07) is 13.3. The molecule has 0 heterocycles. The van der Waals surface area contributed by atoms with E-state index in [0.717, 1.165) is 13.0 Å². The monoisotopic (exact) mass is 291 g/mol. The molecule has 0 saturated heterocycles. The van der Waals surface area contributed by atoms with E-state index in [1.807, 2.05) is 19.1 Å². The SMILES string of the molecule is CCNC(Cc1ccccc1C)c1cccc(Cl)c1F. The average molecular weight is 292 g/mol. The molecule has 3 heteroatoms. The molecule has 106 valence electrons. The molecule has 0 fully saturated rings. The van der Waals surface area contributed by atoms with E-state index >= 15 is 0 Å². The van der Waals surface area contributed by atoms with Crippen molar-refractivity contribution in [1.82, 2.24) is 5.32 Å². The van der Waals surface area contributed by atoms with Crippen LogP contribution in [0.25, 0.3) is 0 Å². The van der Waals surface area contributed by atoms with Crippen LogP contribution in [0.3, 0.4) is 0 Å². The molecule has 0 amide bonds. The minimum Gasteiger partial charge on any atom is -0.310 e. The minimum atomic E-state index is -0.325. The van der Waals surface area contributed by atoms with Crippen molar-refractivity contribution in [2.75, 3.05) is 6.54 Å². The van der Waals surface area contributed by atoms with Gasteiger partial charge >= 0.3 is 0 Å². The Bertz CT molecular complexity index is 583. The first-order valence-corrected chi connectivity index (χ1v) is 7.23. The van der Waals surface area contributed by atoms with Crippen LogP contribution in [0.4, 0.5) is 4.39 Å². The zero-order chi connectivity index (χ0) is 14.5. The Labute approximate surface area is 124 Å². The lowest BCUT2D eigenvalue weighted by Crippen LogP contribution is -2.24. The van der Waals surface area contributed by atoms with Crippen LogP contribution in [0.1, 0.15) is 29.7 Å². The van der Waals surface area contributed by atoms with Crippen LogP contribution < -0.4 is 5.32 Å². The summed E-state index contributed by atoms with van der Waals surface area (Å²) in [5, 5.41) is 3.52. The van der Waals surface area contributed by atoms with Gasteiger partial charge in [0.1, 0.15) is 5.82 Å². The average Bonchev–Trinajstić information content (AvgIpc) is 2.44. The minimum absolute atomic E-state index is 0.0696. The first kappa shape index (κ1) is 15.0. The third-order valence-corrected chi connectivity index (χ3v) is 3.78. The van der Waals surface area contributed by atoms with Crippen LogP contribution in [0.2, 0.25) is 5.02 Å². The number of rotatable bonds is 5. The standard InChI is InChI=1S/C17H19ClFN/c1-3-20-16(11-13-8-5-4-7-12(13)2)14-9-6-10-15(18)17(14)19/h4-10,16,20H,3,11H2,1-2H3. The molecule has 2 rings (SSSR count). The molecule has 0 aliphatic rings. The number of hydrogen-bond acceptors (Lipinski definition) is 1. The zero-order valence-electron chi connectivity index (χ0n) is 11.8. The van der Waals surface area contributed by atoms with Gasteiger partial charge in [0, 0.05) is 11.6 Å². The van der Waals surface area contributed by atoms with Gasteiger partial charge in [0.15, 0.2) is 0 Å². The fourth-order valence-electron chi connectivity index (χ4n) is 2.39. The highest BCUT2D eigenvalue weighted by Crippen LogP contribution is 2.26. The third kappa shape index (κ3) is 3.38. The summed E-state index contributed by atoms with van der Waals surface area (Å²) < 4.78 is 14.2. The van der Waals surface area contributed by atoms with Gasteiger partial charge < -0.3 is 5.32 Å². The number of nitrogens with one attached hydrogen (secondary N) is 1. The molecule has 2 aromatic rings. The molecule has 0 spiro atoms. The van der Waals surface area contributed by atoms with Crippen LogP contribution in [0.15, 0.2) is 42.5 Å². The van der Waals surface area contributed by atoms with Gasteiger partial charge in [-0.05, 0) is 37.1 Å². The van der Waals surface area contributed by atoms with E-state index in [1.54, 1.807) is 18.2 Å². The number of likely N-dealkylation sites (N-methyl/N-ethyl adjacent to an activating group) is 1. The Morgan fingerprint density at radius 3 is 2.60 bits per heavy atom. The Balaban J connectivity index is 2.32. The highest BCUT2D eigenvalue weighted by Gasteiger charge is 2.17. The Kier molecular flexibility index (Phi) is 5.16. The van der Waals surface area contributed by atoms with Gasteiger partial charge in [-0.2, -0.15) is 0 Å². The van der Waals surface area contributed by atoms with Crippen molar-refractivity contribution in [3.8, 4) is 0 Å². The summed E-state index contributed by atoms with van der Waals surface area (Å²) in [5.41, 5.74) is 3.07. The first-order valence-electron chi connectivity index (χ1n) is 6.85. The van der Waals surface area contributed by atoms with Crippen molar-refractivity contribution in [2.24, 2.45) is 0 Å². The van der Waals surface area contributed by atoms with Gasteiger partial charge in [-0.25, -0.2) is 4.39 Å². The molecule has 20 heavy (non-hydrogen) atoms. The molecular formula is C17H19ClFN. The fraction of sp³-hybridized carbons (Fsp3) is 0.294. The maximum atomic E-state index is 14.2. The fourth-order valence-corrected chi connectivity index (χ4v) is 2.57. The lowest BCUT2D eigenvalue weighted by molar-refractivity contribution is 0.509. The van der Waals surface area contributed by atoms with Crippen LogP contribution in [-0.4, -0.2) is 6.54 Å². The predicted molar refractivity (Wildman–Crippen MR) is 82.7 cm³/mol. The van der Waals surface area contributed by atoms with E-state index in [4.69, 9.17) is 11.6 Å². The maximum absolute atomic E-state index is 14.2. The van der Waals surface area contributed by atoms with Crippen LogP contribution in [0, 0.1) is 12.7 Å². The summed E-state index contributed by atoms with van der Waals surface area (Å²) in [6.45, 7) is 4.88. The second-order valence-corrected chi connectivity index (χ2v) is 5.29. The summed E-state index contributed by atoms with van der Waals surface area (Å²) in [4.78, 5) is 0. The maximum Gasteiger partial charge on any atom is 0.146 e. The largest absolute Gasteiger partial charge is 0.310 e. The van der Waals surface area contributed by atoms with Crippen molar-refractivity contribution in [3.05, 3.63) is 70.0 Å². The molecule has 0 bridgehead atoms. The molecule has 1 nitrogen and oxygen atoms in total. The van der Waals surface area contributed by atoms with E-state index in [1.165, 1.54) is 11.1 Å². The number of halogens is 2. The Morgan fingerprint density at radius 2 is 1.90 bits per heavy atom. The molecule has 1 atom stereocenters. The lowest BCUT2D eigenvalue weighted by atomic mass is 9.95. The van der Waals surface area contributed by atoms with E-state index < -0.39 is 0 Å². The van der Waals surface area contributed by atoms with Gasteiger partial charge in [-0.1, -0.05) is 54.9 Å². The summed E-state index contributed by atoms with van der Waals surface area (Å²) in [7, 11) is 0. The summed E-state index contributed by atoms with van der Waals surface area (Å²) in [6.07, 6.45) is 0.748. The second kappa shape index (κ2) is 6.87. The van der Waals surface area contributed by atoms with Crippen molar-refractivity contribution in [3.63, 3.8) is 0 Å². The molecular weight excluding hydrogens is 273 g/mol. The molecule has 0 saturated carbocycles. The number of aryl methyl sites for hydroxylation is 1. The zero-order valence-corrected chi connectivity index (χ0v) is 12.5. The van der Waals surface area contributed by atoms with E-state index in [2.05, 4.69) is 24.4 Å². The van der Waals surface area contributed by atoms with Crippen LogP contribution in [0.5, 0.6) is 0 Å².